The largest absolute Gasteiger partial charge is 0.469 e. The number of benzene rings is 1. The molecule has 4 nitrogen and oxygen atoms in total. The van der Waals surface area contributed by atoms with E-state index in [2.05, 4.69) is 11.0 Å². The molecule has 0 bridgehead atoms. The molecule has 2 heterocycles. The van der Waals surface area contributed by atoms with Gasteiger partial charge in [-0.3, -0.25) is 9.78 Å². The Balaban J connectivity index is 2.16. The van der Waals surface area contributed by atoms with Gasteiger partial charge >= 0.3 is 5.97 Å². The van der Waals surface area contributed by atoms with Gasteiger partial charge in [-0.2, -0.15) is 0 Å². The molecule has 1 aliphatic heterocycles. The predicted molar refractivity (Wildman–Crippen MR) is 92.9 cm³/mol. The van der Waals surface area contributed by atoms with Crippen LogP contribution in [-0.2, 0) is 16.0 Å². The fourth-order valence-corrected chi connectivity index (χ4v) is 3.44. The van der Waals surface area contributed by atoms with Gasteiger partial charge in [0.15, 0.2) is 0 Å². The van der Waals surface area contributed by atoms with Crippen LogP contribution in [0.4, 0.5) is 5.69 Å². The number of hydrogen-bond acceptors (Lipinski definition) is 4. The highest BCUT2D eigenvalue weighted by molar-refractivity contribution is 5.95. The van der Waals surface area contributed by atoms with Crippen molar-refractivity contribution >= 4 is 22.6 Å². The van der Waals surface area contributed by atoms with Gasteiger partial charge in [0, 0.05) is 29.7 Å². The lowest BCUT2D eigenvalue weighted by atomic mass is 10.0. The number of anilines is 1. The van der Waals surface area contributed by atoms with Gasteiger partial charge in [0.1, 0.15) is 0 Å². The number of aromatic nitrogens is 1. The van der Waals surface area contributed by atoms with E-state index in [1.807, 2.05) is 25.1 Å². The second-order valence-corrected chi connectivity index (χ2v) is 6.20. The van der Waals surface area contributed by atoms with Crippen LogP contribution in [0.2, 0.25) is 0 Å². The van der Waals surface area contributed by atoms with Crippen LogP contribution in [0.1, 0.15) is 36.9 Å². The Hall–Kier alpha value is -2.10. The van der Waals surface area contributed by atoms with Crippen molar-refractivity contribution in [3.05, 3.63) is 35.5 Å². The summed E-state index contributed by atoms with van der Waals surface area (Å²) in [6.45, 7) is 4.08. The number of ether oxygens (including phenoxy) is 1. The van der Waals surface area contributed by atoms with Crippen LogP contribution in [0.5, 0.6) is 0 Å². The van der Waals surface area contributed by atoms with E-state index in [1.54, 1.807) is 0 Å². The van der Waals surface area contributed by atoms with Crippen LogP contribution in [-0.4, -0.2) is 31.2 Å². The maximum absolute atomic E-state index is 11.9. The van der Waals surface area contributed by atoms with Gasteiger partial charge in [-0.25, -0.2) is 0 Å². The maximum atomic E-state index is 11.9. The Labute approximate surface area is 137 Å². The van der Waals surface area contributed by atoms with Crippen molar-refractivity contribution in [3.8, 4) is 0 Å². The van der Waals surface area contributed by atoms with Crippen LogP contribution in [0.3, 0.4) is 0 Å². The third-order valence-corrected chi connectivity index (χ3v) is 4.64. The molecule has 0 atom stereocenters. The Morgan fingerprint density at radius 2 is 1.87 bits per heavy atom. The molecule has 3 rings (SSSR count). The van der Waals surface area contributed by atoms with Crippen LogP contribution < -0.4 is 4.90 Å². The normalized spacial score (nSPS) is 15.5. The standard InChI is InChI=1S/C19H24N2O2/c1-14-16(13-18(22)23-2)19(21-11-7-3-4-8-12-21)15-9-5-6-10-17(15)20-14/h5-6,9-10H,3-4,7-8,11-13H2,1-2H3. The van der Waals surface area contributed by atoms with Gasteiger partial charge in [-0.1, -0.05) is 31.0 Å². The molecule has 2 aromatic rings. The minimum Gasteiger partial charge on any atom is -0.469 e. The summed E-state index contributed by atoms with van der Waals surface area (Å²) < 4.78 is 4.90. The molecule has 0 radical (unpaired) electrons. The minimum absolute atomic E-state index is 0.207. The van der Waals surface area contributed by atoms with Crippen LogP contribution in [0, 0.1) is 6.92 Å². The number of hydrogen-bond donors (Lipinski definition) is 0. The number of pyridine rings is 1. The van der Waals surface area contributed by atoms with Crippen molar-refractivity contribution in [2.45, 2.75) is 39.0 Å². The number of nitrogens with zero attached hydrogens (tertiary/aromatic N) is 2. The lowest BCUT2D eigenvalue weighted by Gasteiger charge is -2.27. The first-order valence-corrected chi connectivity index (χ1v) is 8.40. The van der Waals surface area contributed by atoms with E-state index in [-0.39, 0.29) is 12.4 Å². The third kappa shape index (κ3) is 3.31. The Bertz CT molecular complexity index is 704. The zero-order valence-corrected chi connectivity index (χ0v) is 14.0. The highest BCUT2D eigenvalue weighted by Crippen LogP contribution is 2.33. The molecule has 1 aliphatic rings. The molecular formula is C19H24N2O2. The number of esters is 1. The van der Waals surface area contributed by atoms with Crippen LogP contribution >= 0.6 is 0 Å². The summed E-state index contributed by atoms with van der Waals surface area (Å²) >= 11 is 0. The first kappa shape index (κ1) is 15.8. The number of rotatable bonds is 3. The molecule has 0 aliphatic carbocycles. The van der Waals surface area contributed by atoms with Crippen molar-refractivity contribution < 1.29 is 9.53 Å². The average Bonchev–Trinajstić information content (AvgIpc) is 2.84. The van der Waals surface area contributed by atoms with E-state index in [0.717, 1.165) is 35.2 Å². The monoisotopic (exact) mass is 312 g/mol. The fraction of sp³-hybridized carbons (Fsp3) is 0.474. The maximum Gasteiger partial charge on any atom is 0.310 e. The van der Waals surface area contributed by atoms with Gasteiger partial charge < -0.3 is 9.64 Å². The van der Waals surface area contributed by atoms with Crippen molar-refractivity contribution in [2.24, 2.45) is 0 Å². The lowest BCUT2D eigenvalue weighted by Crippen LogP contribution is -2.26. The van der Waals surface area contributed by atoms with E-state index in [1.165, 1.54) is 38.5 Å². The number of aryl methyl sites for hydroxylation is 1. The molecule has 0 unspecified atom stereocenters. The van der Waals surface area contributed by atoms with Crippen molar-refractivity contribution in [1.82, 2.24) is 4.98 Å². The van der Waals surface area contributed by atoms with Crippen LogP contribution in [0.15, 0.2) is 24.3 Å². The molecule has 122 valence electrons. The molecule has 1 fully saturated rings. The van der Waals surface area contributed by atoms with E-state index >= 15 is 0 Å². The SMILES string of the molecule is COC(=O)Cc1c(C)nc2ccccc2c1N1CCCCCC1. The number of methoxy groups -OCH3 is 1. The zero-order valence-electron chi connectivity index (χ0n) is 14.0. The van der Waals surface area contributed by atoms with Gasteiger partial charge in [0.25, 0.3) is 0 Å². The molecule has 0 amide bonds. The second-order valence-electron chi connectivity index (χ2n) is 6.20. The molecule has 1 aromatic carbocycles. The Morgan fingerprint density at radius 1 is 1.17 bits per heavy atom. The van der Waals surface area contributed by atoms with Gasteiger partial charge in [-0.05, 0) is 25.8 Å². The fourth-order valence-electron chi connectivity index (χ4n) is 3.44. The summed E-state index contributed by atoms with van der Waals surface area (Å²) in [5.41, 5.74) is 4.11. The summed E-state index contributed by atoms with van der Waals surface area (Å²) in [4.78, 5) is 19.1. The van der Waals surface area contributed by atoms with E-state index in [0.29, 0.717) is 0 Å². The summed E-state index contributed by atoms with van der Waals surface area (Å²) in [5, 5.41) is 1.14. The minimum atomic E-state index is -0.207. The Kier molecular flexibility index (Phi) is 4.79. The van der Waals surface area contributed by atoms with Crippen molar-refractivity contribution in [1.29, 1.82) is 0 Å². The second kappa shape index (κ2) is 6.99. The van der Waals surface area contributed by atoms with Gasteiger partial charge in [0.05, 0.1) is 24.7 Å². The summed E-state index contributed by atoms with van der Waals surface area (Å²) in [6.07, 6.45) is 5.25. The van der Waals surface area contributed by atoms with Gasteiger partial charge in [0.2, 0.25) is 0 Å². The molecule has 0 N–H and O–H groups in total. The lowest BCUT2D eigenvalue weighted by molar-refractivity contribution is -0.139. The topological polar surface area (TPSA) is 42.4 Å². The highest BCUT2D eigenvalue weighted by Gasteiger charge is 2.21. The van der Waals surface area contributed by atoms with Gasteiger partial charge in [-0.15, -0.1) is 0 Å². The quantitative estimate of drug-likeness (QED) is 0.812. The smallest absolute Gasteiger partial charge is 0.310 e. The molecule has 0 saturated carbocycles. The number of para-hydroxylation sites is 1. The number of fused-ring (bicyclic) bond motifs is 1. The Morgan fingerprint density at radius 3 is 2.57 bits per heavy atom. The molecule has 0 spiro atoms. The summed E-state index contributed by atoms with van der Waals surface area (Å²) in [7, 11) is 1.44. The average molecular weight is 312 g/mol. The third-order valence-electron chi connectivity index (χ3n) is 4.64. The first-order chi connectivity index (χ1) is 11.2. The molecule has 23 heavy (non-hydrogen) atoms. The first-order valence-electron chi connectivity index (χ1n) is 8.40. The van der Waals surface area contributed by atoms with E-state index < -0.39 is 0 Å². The van der Waals surface area contributed by atoms with Crippen molar-refractivity contribution in [3.63, 3.8) is 0 Å². The molecule has 1 aromatic heterocycles. The predicted octanol–water partition coefficient (Wildman–Crippen LogP) is 3.64. The van der Waals surface area contributed by atoms with Crippen LogP contribution in [0.25, 0.3) is 10.9 Å². The highest BCUT2D eigenvalue weighted by atomic mass is 16.5. The molecule has 1 saturated heterocycles. The van der Waals surface area contributed by atoms with E-state index in [9.17, 15) is 4.79 Å². The number of carbonyl (C=O) groups is 1. The zero-order chi connectivity index (χ0) is 16.2. The number of carbonyl (C=O) groups excluding carboxylic acids is 1. The molecule has 4 heteroatoms. The molecular weight excluding hydrogens is 288 g/mol. The summed E-state index contributed by atoms with van der Waals surface area (Å²) in [5.74, 6) is -0.207. The van der Waals surface area contributed by atoms with Crippen molar-refractivity contribution in [2.75, 3.05) is 25.1 Å². The summed E-state index contributed by atoms with van der Waals surface area (Å²) in [6, 6.07) is 8.22. The van der Waals surface area contributed by atoms with E-state index in [4.69, 9.17) is 9.72 Å².